The SMILES string of the molecule is CCCc1sc(C(=O)Nc2ccc(N3CCNC3=O)cc2)cc1CC. The normalized spacial score (nSPS) is 13.8. The first kappa shape index (κ1) is 17.5. The first-order valence-corrected chi connectivity index (χ1v) is 9.52. The van der Waals surface area contributed by atoms with Gasteiger partial charge in [-0.05, 0) is 48.7 Å². The van der Waals surface area contributed by atoms with Crippen LogP contribution in [0.15, 0.2) is 30.3 Å². The second-order valence-corrected chi connectivity index (χ2v) is 7.18. The molecule has 1 saturated heterocycles. The van der Waals surface area contributed by atoms with Crippen LogP contribution in [0.2, 0.25) is 0 Å². The molecule has 25 heavy (non-hydrogen) atoms. The number of hydrogen-bond donors (Lipinski definition) is 2. The standard InChI is InChI=1S/C19H23N3O2S/c1-3-5-16-13(4-2)12-17(25-16)18(23)21-14-6-8-15(9-7-14)22-11-10-20-19(22)24/h6-9,12H,3-5,10-11H2,1-2H3,(H,20,24)(H,21,23). The van der Waals surface area contributed by atoms with Crippen LogP contribution < -0.4 is 15.5 Å². The van der Waals surface area contributed by atoms with E-state index in [1.54, 1.807) is 16.2 Å². The van der Waals surface area contributed by atoms with Crippen molar-refractivity contribution in [2.45, 2.75) is 33.1 Å². The summed E-state index contributed by atoms with van der Waals surface area (Å²) in [7, 11) is 0. The average Bonchev–Trinajstić information content (AvgIpc) is 3.22. The molecule has 2 N–H and O–H groups in total. The molecule has 5 nitrogen and oxygen atoms in total. The minimum atomic E-state index is -0.0779. The van der Waals surface area contributed by atoms with Gasteiger partial charge in [0.25, 0.3) is 5.91 Å². The van der Waals surface area contributed by atoms with E-state index in [4.69, 9.17) is 0 Å². The quantitative estimate of drug-likeness (QED) is 0.819. The molecule has 6 heteroatoms. The maximum atomic E-state index is 12.5. The van der Waals surface area contributed by atoms with Crippen LogP contribution >= 0.6 is 11.3 Å². The second-order valence-electron chi connectivity index (χ2n) is 6.05. The molecule has 0 atom stereocenters. The monoisotopic (exact) mass is 357 g/mol. The highest BCUT2D eigenvalue weighted by molar-refractivity contribution is 7.14. The Morgan fingerprint density at radius 2 is 2.04 bits per heavy atom. The van der Waals surface area contributed by atoms with Crippen molar-refractivity contribution in [1.29, 1.82) is 0 Å². The third kappa shape index (κ3) is 3.85. The van der Waals surface area contributed by atoms with Gasteiger partial charge in [0.1, 0.15) is 0 Å². The number of anilines is 2. The van der Waals surface area contributed by atoms with Gasteiger partial charge in [0.15, 0.2) is 0 Å². The number of benzene rings is 1. The highest BCUT2D eigenvalue weighted by Crippen LogP contribution is 2.26. The third-order valence-corrected chi connectivity index (χ3v) is 5.51. The van der Waals surface area contributed by atoms with E-state index in [0.717, 1.165) is 35.5 Å². The van der Waals surface area contributed by atoms with Crippen LogP contribution in [0.25, 0.3) is 0 Å². The van der Waals surface area contributed by atoms with Crippen molar-refractivity contribution in [3.8, 4) is 0 Å². The highest BCUT2D eigenvalue weighted by atomic mass is 32.1. The van der Waals surface area contributed by atoms with Gasteiger partial charge in [-0.15, -0.1) is 11.3 Å². The van der Waals surface area contributed by atoms with E-state index in [2.05, 4.69) is 24.5 Å². The van der Waals surface area contributed by atoms with Gasteiger partial charge in [-0.1, -0.05) is 20.3 Å². The van der Waals surface area contributed by atoms with Crippen molar-refractivity contribution in [3.63, 3.8) is 0 Å². The van der Waals surface area contributed by atoms with Gasteiger partial charge in [-0.2, -0.15) is 0 Å². The minimum absolute atomic E-state index is 0.0753. The Kier molecular flexibility index (Phi) is 5.38. The van der Waals surface area contributed by atoms with Gasteiger partial charge >= 0.3 is 6.03 Å². The summed E-state index contributed by atoms with van der Waals surface area (Å²) in [5.74, 6) is -0.0753. The Hall–Kier alpha value is -2.34. The topological polar surface area (TPSA) is 61.4 Å². The van der Waals surface area contributed by atoms with Gasteiger partial charge in [-0.25, -0.2) is 4.79 Å². The molecule has 0 spiro atoms. The Bertz CT molecular complexity index is 767. The molecule has 2 heterocycles. The number of urea groups is 1. The molecule has 1 fully saturated rings. The molecule has 132 valence electrons. The lowest BCUT2D eigenvalue weighted by atomic mass is 10.1. The van der Waals surface area contributed by atoms with Gasteiger partial charge in [-0.3, -0.25) is 9.69 Å². The Labute approximate surface area is 152 Å². The molecule has 0 bridgehead atoms. The number of hydrogen-bond acceptors (Lipinski definition) is 3. The molecular weight excluding hydrogens is 334 g/mol. The van der Waals surface area contributed by atoms with Crippen LogP contribution in [0, 0.1) is 0 Å². The van der Waals surface area contributed by atoms with E-state index in [9.17, 15) is 9.59 Å². The molecule has 0 saturated carbocycles. The number of carbonyl (C=O) groups excluding carboxylic acids is 2. The van der Waals surface area contributed by atoms with E-state index in [1.807, 2.05) is 30.3 Å². The zero-order valence-corrected chi connectivity index (χ0v) is 15.4. The van der Waals surface area contributed by atoms with Gasteiger partial charge in [0.05, 0.1) is 4.88 Å². The fourth-order valence-electron chi connectivity index (χ4n) is 2.95. The second kappa shape index (κ2) is 7.70. The van der Waals surface area contributed by atoms with Crippen LogP contribution in [0.5, 0.6) is 0 Å². The van der Waals surface area contributed by atoms with Gasteiger partial charge in [0.2, 0.25) is 0 Å². The maximum Gasteiger partial charge on any atom is 0.321 e. The molecule has 0 unspecified atom stereocenters. The highest BCUT2D eigenvalue weighted by Gasteiger charge is 2.21. The van der Waals surface area contributed by atoms with Gasteiger partial charge < -0.3 is 10.6 Å². The molecule has 1 aromatic carbocycles. The summed E-state index contributed by atoms with van der Waals surface area (Å²) in [6.07, 6.45) is 3.06. The number of nitrogens with one attached hydrogen (secondary N) is 2. The van der Waals surface area contributed by atoms with Crippen LogP contribution in [0.4, 0.5) is 16.2 Å². The van der Waals surface area contributed by atoms with E-state index in [-0.39, 0.29) is 11.9 Å². The molecule has 0 radical (unpaired) electrons. The summed E-state index contributed by atoms with van der Waals surface area (Å²) >= 11 is 1.59. The smallest absolute Gasteiger partial charge is 0.321 e. The molecule has 3 amide bonds. The van der Waals surface area contributed by atoms with E-state index in [1.165, 1.54) is 10.4 Å². The van der Waals surface area contributed by atoms with Crippen molar-refractivity contribution < 1.29 is 9.59 Å². The van der Waals surface area contributed by atoms with Crippen molar-refractivity contribution in [2.24, 2.45) is 0 Å². The zero-order chi connectivity index (χ0) is 17.8. The lowest BCUT2D eigenvalue weighted by molar-refractivity contribution is 0.103. The largest absolute Gasteiger partial charge is 0.336 e. The Morgan fingerprint density at radius 3 is 2.64 bits per heavy atom. The maximum absolute atomic E-state index is 12.5. The van der Waals surface area contributed by atoms with Crippen molar-refractivity contribution >= 4 is 34.6 Å². The lowest BCUT2D eigenvalue weighted by Gasteiger charge is -2.14. The molecular formula is C19H23N3O2S. The predicted molar refractivity (Wildman–Crippen MR) is 103 cm³/mol. The lowest BCUT2D eigenvalue weighted by Crippen LogP contribution is -2.27. The predicted octanol–water partition coefficient (Wildman–Crippen LogP) is 4.04. The average molecular weight is 357 g/mol. The summed E-state index contributed by atoms with van der Waals surface area (Å²) in [5, 5.41) is 5.72. The number of aryl methyl sites for hydroxylation is 2. The Balaban J connectivity index is 1.69. The zero-order valence-electron chi connectivity index (χ0n) is 14.6. The fourth-order valence-corrected chi connectivity index (χ4v) is 4.20. The number of rotatable bonds is 6. The molecule has 3 rings (SSSR count). The van der Waals surface area contributed by atoms with E-state index < -0.39 is 0 Å². The molecule has 1 aromatic heterocycles. The van der Waals surface area contributed by atoms with Crippen molar-refractivity contribution in [2.75, 3.05) is 23.3 Å². The minimum Gasteiger partial charge on any atom is -0.336 e. The van der Waals surface area contributed by atoms with Crippen LogP contribution in [0.3, 0.4) is 0 Å². The summed E-state index contributed by atoms with van der Waals surface area (Å²) in [6, 6.07) is 9.31. The van der Waals surface area contributed by atoms with Crippen molar-refractivity contribution in [3.05, 3.63) is 45.6 Å². The fraction of sp³-hybridized carbons (Fsp3) is 0.368. The van der Waals surface area contributed by atoms with E-state index >= 15 is 0 Å². The first-order valence-electron chi connectivity index (χ1n) is 8.70. The van der Waals surface area contributed by atoms with Crippen LogP contribution in [-0.2, 0) is 12.8 Å². The number of carbonyl (C=O) groups is 2. The number of nitrogens with zero attached hydrogens (tertiary/aromatic N) is 1. The van der Waals surface area contributed by atoms with Crippen molar-refractivity contribution in [1.82, 2.24) is 5.32 Å². The summed E-state index contributed by atoms with van der Waals surface area (Å²) in [4.78, 5) is 28.0. The number of thiophene rings is 1. The number of amides is 3. The first-order chi connectivity index (χ1) is 12.1. The summed E-state index contributed by atoms with van der Waals surface area (Å²) in [6.45, 7) is 5.60. The molecule has 0 aliphatic carbocycles. The van der Waals surface area contributed by atoms with Gasteiger partial charge in [0, 0.05) is 29.3 Å². The molecule has 1 aliphatic rings. The summed E-state index contributed by atoms with van der Waals surface area (Å²) < 4.78 is 0. The molecule has 2 aromatic rings. The third-order valence-electron chi connectivity index (χ3n) is 4.27. The molecule has 1 aliphatic heterocycles. The van der Waals surface area contributed by atoms with E-state index in [0.29, 0.717) is 13.1 Å². The Morgan fingerprint density at radius 1 is 1.28 bits per heavy atom. The van der Waals surface area contributed by atoms with Crippen LogP contribution in [0.1, 0.15) is 40.4 Å². The summed E-state index contributed by atoms with van der Waals surface area (Å²) in [5.41, 5.74) is 2.84. The van der Waals surface area contributed by atoms with Crippen LogP contribution in [-0.4, -0.2) is 25.0 Å².